The maximum atomic E-state index is 11.5. The lowest BCUT2D eigenvalue weighted by molar-refractivity contribution is -0.138. The molecule has 8 heteroatoms. The van der Waals surface area contributed by atoms with E-state index in [2.05, 4.69) is 0 Å². The Hall–Kier alpha value is -2.58. The number of aliphatic hydroxyl groups is 2. The van der Waals surface area contributed by atoms with Gasteiger partial charge in [0.05, 0.1) is 13.2 Å². The van der Waals surface area contributed by atoms with E-state index in [9.17, 15) is 14.7 Å². The molecule has 0 aliphatic carbocycles. The van der Waals surface area contributed by atoms with E-state index in [1.54, 1.807) is 6.07 Å². The third kappa shape index (κ3) is 4.47. The molecule has 0 heterocycles. The Kier molecular flexibility index (Phi) is 6.87. The molecule has 0 saturated heterocycles. The van der Waals surface area contributed by atoms with Crippen molar-refractivity contribution in [2.45, 2.75) is 0 Å². The minimum absolute atomic E-state index is 0.00112. The van der Waals surface area contributed by atoms with E-state index in [0.29, 0.717) is 0 Å². The number of aliphatic carboxylic acids is 2. The summed E-state index contributed by atoms with van der Waals surface area (Å²) in [5.41, 5.74) is -0.603. The molecule has 0 aliphatic rings. The van der Waals surface area contributed by atoms with Crippen LogP contribution in [-0.2, 0) is 14.3 Å². The molecule has 0 spiro atoms. The summed E-state index contributed by atoms with van der Waals surface area (Å²) < 4.78 is 10.0. The number of rotatable bonds is 9. The van der Waals surface area contributed by atoms with E-state index >= 15 is 0 Å². The lowest BCUT2D eigenvalue weighted by Gasteiger charge is -2.14. The SMILES string of the molecule is O=C(O)C(OCCO)=C(C(=O)O)c1ccccc1OCCO. The van der Waals surface area contributed by atoms with Crippen LogP contribution < -0.4 is 4.74 Å². The average Bonchev–Trinajstić information content (AvgIpc) is 2.49. The molecule has 0 amide bonds. The number of ether oxygens (including phenoxy) is 2. The molecule has 1 rings (SSSR count). The predicted molar refractivity (Wildman–Crippen MR) is 74.3 cm³/mol. The van der Waals surface area contributed by atoms with Crippen LogP contribution in [0.5, 0.6) is 5.75 Å². The van der Waals surface area contributed by atoms with Gasteiger partial charge in [-0.15, -0.1) is 0 Å². The number of para-hydroxylation sites is 1. The van der Waals surface area contributed by atoms with Crippen molar-refractivity contribution in [1.29, 1.82) is 0 Å². The molecular formula is C14H16O8. The van der Waals surface area contributed by atoms with Crippen LogP contribution in [0.25, 0.3) is 5.57 Å². The molecule has 4 N–H and O–H groups in total. The van der Waals surface area contributed by atoms with E-state index in [0.717, 1.165) is 0 Å². The summed E-state index contributed by atoms with van der Waals surface area (Å²) in [4.78, 5) is 22.7. The molecule has 1 aromatic rings. The molecule has 22 heavy (non-hydrogen) atoms. The van der Waals surface area contributed by atoms with Crippen LogP contribution in [0.2, 0.25) is 0 Å². The smallest absolute Gasteiger partial charge is 0.372 e. The van der Waals surface area contributed by atoms with Gasteiger partial charge in [0.2, 0.25) is 5.76 Å². The van der Waals surface area contributed by atoms with Crippen LogP contribution in [0.15, 0.2) is 30.0 Å². The first-order chi connectivity index (χ1) is 10.5. The van der Waals surface area contributed by atoms with Gasteiger partial charge in [0.25, 0.3) is 0 Å². The van der Waals surface area contributed by atoms with Gasteiger partial charge in [-0.3, -0.25) is 0 Å². The third-order valence-electron chi connectivity index (χ3n) is 2.48. The van der Waals surface area contributed by atoms with Gasteiger partial charge in [0.1, 0.15) is 24.5 Å². The summed E-state index contributed by atoms with van der Waals surface area (Å²) in [5.74, 6) is -3.81. The quantitative estimate of drug-likeness (QED) is 0.368. The number of hydrogen-bond donors (Lipinski definition) is 4. The van der Waals surface area contributed by atoms with Crippen LogP contribution in [0.4, 0.5) is 0 Å². The van der Waals surface area contributed by atoms with Crippen LogP contribution in [0.3, 0.4) is 0 Å². The Balaban J connectivity index is 3.41. The molecule has 0 fully saturated rings. The minimum atomic E-state index is -1.58. The largest absolute Gasteiger partial charge is 0.491 e. The molecule has 0 radical (unpaired) electrons. The highest BCUT2D eigenvalue weighted by atomic mass is 16.5. The predicted octanol–water partition coefficient (Wildman–Crippen LogP) is -0.0531. The van der Waals surface area contributed by atoms with Gasteiger partial charge in [-0.05, 0) is 6.07 Å². The van der Waals surface area contributed by atoms with Gasteiger partial charge in [0.15, 0.2) is 0 Å². The van der Waals surface area contributed by atoms with Crippen molar-refractivity contribution in [3.05, 3.63) is 35.6 Å². The van der Waals surface area contributed by atoms with Crippen LogP contribution in [0.1, 0.15) is 5.56 Å². The van der Waals surface area contributed by atoms with Crippen molar-refractivity contribution in [1.82, 2.24) is 0 Å². The van der Waals surface area contributed by atoms with E-state index in [1.165, 1.54) is 18.2 Å². The normalized spacial score (nSPS) is 11.5. The highest BCUT2D eigenvalue weighted by Gasteiger charge is 2.26. The van der Waals surface area contributed by atoms with Crippen molar-refractivity contribution >= 4 is 17.5 Å². The van der Waals surface area contributed by atoms with E-state index in [1.807, 2.05) is 0 Å². The van der Waals surface area contributed by atoms with E-state index in [4.69, 9.17) is 24.8 Å². The first kappa shape index (κ1) is 17.5. The highest BCUT2D eigenvalue weighted by molar-refractivity contribution is 6.21. The van der Waals surface area contributed by atoms with Crippen molar-refractivity contribution in [2.24, 2.45) is 0 Å². The molecular weight excluding hydrogens is 296 g/mol. The third-order valence-corrected chi connectivity index (χ3v) is 2.48. The topological polar surface area (TPSA) is 134 Å². The van der Waals surface area contributed by atoms with Gasteiger partial charge in [-0.1, -0.05) is 18.2 Å². The number of hydrogen-bond acceptors (Lipinski definition) is 6. The monoisotopic (exact) mass is 312 g/mol. The summed E-state index contributed by atoms with van der Waals surface area (Å²) in [6, 6.07) is 5.89. The van der Waals surface area contributed by atoms with Gasteiger partial charge in [-0.25, -0.2) is 9.59 Å². The summed E-state index contributed by atoms with van der Waals surface area (Å²) in [5, 5.41) is 36.0. The first-order valence-corrected chi connectivity index (χ1v) is 6.30. The molecule has 0 atom stereocenters. The number of carboxylic acid groups (broad SMARTS) is 2. The number of benzene rings is 1. The first-order valence-electron chi connectivity index (χ1n) is 6.30. The summed E-state index contributed by atoms with van der Waals surface area (Å²) in [6.45, 7) is -1.19. The fourth-order valence-corrected chi connectivity index (χ4v) is 1.68. The highest BCUT2D eigenvalue weighted by Crippen LogP contribution is 2.29. The van der Waals surface area contributed by atoms with Crippen LogP contribution in [0, 0.1) is 0 Å². The van der Waals surface area contributed by atoms with Gasteiger partial charge >= 0.3 is 11.9 Å². The number of aliphatic hydroxyl groups excluding tert-OH is 2. The van der Waals surface area contributed by atoms with Crippen molar-refractivity contribution in [3.8, 4) is 5.75 Å². The molecule has 0 unspecified atom stereocenters. The Morgan fingerprint density at radius 3 is 2.14 bits per heavy atom. The average molecular weight is 312 g/mol. The number of carboxylic acids is 2. The molecule has 0 saturated carbocycles. The maximum absolute atomic E-state index is 11.5. The van der Waals surface area contributed by atoms with Crippen LogP contribution >= 0.6 is 0 Å². The van der Waals surface area contributed by atoms with Gasteiger partial charge < -0.3 is 29.9 Å². The Morgan fingerprint density at radius 2 is 1.59 bits per heavy atom. The fourth-order valence-electron chi connectivity index (χ4n) is 1.68. The maximum Gasteiger partial charge on any atom is 0.372 e. The second-order valence-electron chi connectivity index (χ2n) is 3.95. The van der Waals surface area contributed by atoms with Crippen LogP contribution in [-0.4, -0.2) is 58.8 Å². The Morgan fingerprint density at radius 1 is 0.955 bits per heavy atom. The second-order valence-corrected chi connectivity index (χ2v) is 3.95. The molecule has 8 nitrogen and oxygen atoms in total. The molecule has 0 aromatic heterocycles. The zero-order chi connectivity index (χ0) is 16.5. The zero-order valence-electron chi connectivity index (χ0n) is 11.6. The summed E-state index contributed by atoms with van der Waals surface area (Å²) in [7, 11) is 0. The molecule has 0 bridgehead atoms. The van der Waals surface area contributed by atoms with Gasteiger partial charge in [0, 0.05) is 5.56 Å². The molecule has 0 aliphatic heterocycles. The Labute approximate surface area is 125 Å². The van der Waals surface area contributed by atoms with Gasteiger partial charge in [-0.2, -0.15) is 0 Å². The van der Waals surface area contributed by atoms with Crippen molar-refractivity contribution < 1.29 is 39.5 Å². The number of carbonyl (C=O) groups is 2. The summed E-state index contributed by atoms with van der Waals surface area (Å²) in [6.07, 6.45) is 0. The summed E-state index contributed by atoms with van der Waals surface area (Å²) >= 11 is 0. The molecule has 1 aromatic carbocycles. The second kappa shape index (κ2) is 8.65. The van der Waals surface area contributed by atoms with E-state index in [-0.39, 0.29) is 31.1 Å². The minimum Gasteiger partial charge on any atom is -0.491 e. The lowest BCUT2D eigenvalue weighted by Crippen LogP contribution is -2.16. The van der Waals surface area contributed by atoms with Crippen molar-refractivity contribution in [3.63, 3.8) is 0 Å². The molecule has 120 valence electrons. The van der Waals surface area contributed by atoms with E-state index < -0.39 is 29.9 Å². The fraction of sp³-hybridized carbons (Fsp3) is 0.286. The lowest BCUT2D eigenvalue weighted by atomic mass is 10.0. The zero-order valence-corrected chi connectivity index (χ0v) is 11.6. The Bertz CT molecular complexity index is 564. The van der Waals surface area contributed by atoms with Crippen molar-refractivity contribution in [2.75, 3.05) is 26.4 Å². The standard InChI is InChI=1S/C14H16O8/c15-5-7-21-10-4-2-1-3-9(10)11(13(17)18)12(14(19)20)22-8-6-16/h1-4,15-16H,5-8H2,(H,17,18)(H,19,20).